The molecule has 6 heteroatoms. The summed E-state index contributed by atoms with van der Waals surface area (Å²) in [5, 5.41) is 2.74. The van der Waals surface area contributed by atoms with Crippen LogP contribution < -0.4 is 10.1 Å². The van der Waals surface area contributed by atoms with Gasteiger partial charge in [-0.1, -0.05) is 12.1 Å². The molecule has 0 bridgehead atoms. The van der Waals surface area contributed by atoms with E-state index in [0.29, 0.717) is 21.5 Å². The minimum absolute atomic E-state index is 0.300. The minimum atomic E-state index is -0.600. The zero-order valence-electron chi connectivity index (χ0n) is 13.7. The van der Waals surface area contributed by atoms with Gasteiger partial charge in [0.2, 0.25) is 0 Å². The van der Waals surface area contributed by atoms with Crippen molar-refractivity contribution < 1.29 is 19.1 Å². The molecule has 1 amide bonds. The van der Waals surface area contributed by atoms with Crippen molar-refractivity contribution in [3.63, 3.8) is 0 Å². The molecule has 2 aromatic rings. The second kappa shape index (κ2) is 7.97. The van der Waals surface area contributed by atoms with Crippen LogP contribution in [0.3, 0.4) is 0 Å². The van der Waals surface area contributed by atoms with Crippen LogP contribution >= 0.6 is 15.9 Å². The van der Waals surface area contributed by atoms with E-state index in [1.165, 1.54) is 7.11 Å². The number of hydrogen-bond donors (Lipinski definition) is 1. The molecular formula is C18H18BrNO4. The standard InChI is InChI=1S/C18H18BrNO4/c1-11-5-4-6-16(12(11)2)20-17(21)10-24-18(22)14-9-13(23-3)7-8-15(14)19/h4-9H,10H2,1-3H3,(H,20,21). The quantitative estimate of drug-likeness (QED) is 0.785. The molecule has 0 atom stereocenters. The molecule has 0 saturated carbocycles. The van der Waals surface area contributed by atoms with Crippen molar-refractivity contribution in [1.29, 1.82) is 0 Å². The minimum Gasteiger partial charge on any atom is -0.497 e. The molecule has 2 aromatic carbocycles. The molecule has 0 aliphatic rings. The lowest BCUT2D eigenvalue weighted by Gasteiger charge is -2.11. The molecule has 126 valence electrons. The zero-order chi connectivity index (χ0) is 17.7. The van der Waals surface area contributed by atoms with Crippen LogP contribution in [0.5, 0.6) is 5.75 Å². The molecule has 0 aromatic heterocycles. The van der Waals surface area contributed by atoms with Crippen LogP contribution in [0.2, 0.25) is 0 Å². The summed E-state index contributed by atoms with van der Waals surface area (Å²) >= 11 is 3.28. The molecule has 24 heavy (non-hydrogen) atoms. The van der Waals surface area contributed by atoms with Crippen molar-refractivity contribution in [3.8, 4) is 5.75 Å². The highest BCUT2D eigenvalue weighted by molar-refractivity contribution is 9.10. The van der Waals surface area contributed by atoms with E-state index in [4.69, 9.17) is 9.47 Å². The van der Waals surface area contributed by atoms with Crippen molar-refractivity contribution in [3.05, 3.63) is 57.6 Å². The number of anilines is 1. The molecular weight excluding hydrogens is 374 g/mol. The van der Waals surface area contributed by atoms with Crippen molar-refractivity contribution in [2.75, 3.05) is 19.0 Å². The van der Waals surface area contributed by atoms with Crippen molar-refractivity contribution in [1.82, 2.24) is 0 Å². The number of nitrogens with one attached hydrogen (secondary N) is 1. The van der Waals surface area contributed by atoms with Crippen LogP contribution in [0.15, 0.2) is 40.9 Å². The third-order valence-electron chi connectivity index (χ3n) is 3.61. The summed E-state index contributed by atoms with van der Waals surface area (Å²) in [5.41, 5.74) is 3.06. The second-order valence-corrected chi connectivity index (χ2v) is 6.07. The largest absolute Gasteiger partial charge is 0.497 e. The Morgan fingerprint density at radius 3 is 2.62 bits per heavy atom. The number of esters is 1. The Hall–Kier alpha value is -2.34. The summed E-state index contributed by atoms with van der Waals surface area (Å²) in [5.74, 6) is -0.460. The average Bonchev–Trinajstić information content (AvgIpc) is 2.57. The number of methoxy groups -OCH3 is 1. The molecule has 5 nitrogen and oxygen atoms in total. The van der Waals surface area contributed by atoms with E-state index in [1.807, 2.05) is 26.0 Å². The van der Waals surface area contributed by atoms with E-state index in [-0.39, 0.29) is 6.61 Å². The number of halogens is 1. The lowest BCUT2D eigenvalue weighted by molar-refractivity contribution is -0.119. The molecule has 0 radical (unpaired) electrons. The first kappa shape index (κ1) is 18.0. The SMILES string of the molecule is COc1ccc(Br)c(C(=O)OCC(=O)Nc2cccc(C)c2C)c1. The van der Waals surface area contributed by atoms with Crippen molar-refractivity contribution in [2.45, 2.75) is 13.8 Å². The van der Waals surface area contributed by atoms with Crippen LogP contribution in [-0.2, 0) is 9.53 Å². The van der Waals surface area contributed by atoms with Crippen molar-refractivity contribution in [2.24, 2.45) is 0 Å². The first-order valence-corrected chi connectivity index (χ1v) is 8.08. The number of carbonyl (C=O) groups excluding carboxylic acids is 2. The Labute approximate surface area is 149 Å². The van der Waals surface area contributed by atoms with Gasteiger partial charge in [0.1, 0.15) is 5.75 Å². The molecule has 1 N–H and O–H groups in total. The predicted octanol–water partition coefficient (Wildman–Crippen LogP) is 3.87. The van der Waals surface area contributed by atoms with Gasteiger partial charge < -0.3 is 14.8 Å². The van der Waals surface area contributed by atoms with E-state index in [0.717, 1.165) is 11.1 Å². The van der Waals surface area contributed by atoms with E-state index in [9.17, 15) is 9.59 Å². The van der Waals surface area contributed by atoms with Gasteiger partial charge in [0, 0.05) is 10.2 Å². The fraction of sp³-hybridized carbons (Fsp3) is 0.222. The molecule has 0 fully saturated rings. The maximum Gasteiger partial charge on any atom is 0.339 e. The van der Waals surface area contributed by atoms with Crippen LogP contribution in [0.25, 0.3) is 0 Å². The van der Waals surface area contributed by atoms with E-state index < -0.39 is 11.9 Å². The highest BCUT2D eigenvalue weighted by Crippen LogP contribution is 2.23. The zero-order valence-corrected chi connectivity index (χ0v) is 15.3. The summed E-state index contributed by atoms with van der Waals surface area (Å²) in [4.78, 5) is 24.1. The third-order valence-corrected chi connectivity index (χ3v) is 4.30. The maximum absolute atomic E-state index is 12.1. The topological polar surface area (TPSA) is 64.6 Å². The number of carbonyl (C=O) groups is 2. The summed E-state index contributed by atoms with van der Waals surface area (Å²) in [6.07, 6.45) is 0. The number of rotatable bonds is 5. The van der Waals surface area contributed by atoms with Gasteiger partial charge in [-0.25, -0.2) is 4.79 Å². The number of hydrogen-bond acceptors (Lipinski definition) is 4. The summed E-state index contributed by atoms with van der Waals surface area (Å²) in [6, 6.07) is 10.6. The Kier molecular flexibility index (Phi) is 5.98. The number of aryl methyl sites for hydroxylation is 1. The van der Waals surface area contributed by atoms with Gasteiger partial charge in [-0.05, 0) is 65.2 Å². The number of benzene rings is 2. The molecule has 0 saturated heterocycles. The first-order chi connectivity index (χ1) is 11.4. The second-order valence-electron chi connectivity index (χ2n) is 5.22. The van der Waals surface area contributed by atoms with Gasteiger partial charge >= 0.3 is 5.97 Å². The van der Waals surface area contributed by atoms with Gasteiger partial charge in [0.05, 0.1) is 12.7 Å². The number of amides is 1. The fourth-order valence-corrected chi connectivity index (χ4v) is 2.48. The molecule has 0 unspecified atom stereocenters. The van der Waals surface area contributed by atoms with Gasteiger partial charge in [0.15, 0.2) is 6.61 Å². The smallest absolute Gasteiger partial charge is 0.339 e. The Bertz CT molecular complexity index is 774. The lowest BCUT2D eigenvalue weighted by Crippen LogP contribution is -2.21. The predicted molar refractivity (Wildman–Crippen MR) is 95.5 cm³/mol. The summed E-state index contributed by atoms with van der Waals surface area (Å²) in [7, 11) is 1.51. The Morgan fingerprint density at radius 2 is 1.92 bits per heavy atom. The first-order valence-electron chi connectivity index (χ1n) is 7.29. The third kappa shape index (κ3) is 4.35. The number of ether oxygens (including phenoxy) is 2. The maximum atomic E-state index is 12.1. The average molecular weight is 392 g/mol. The molecule has 0 spiro atoms. The van der Waals surface area contributed by atoms with Gasteiger partial charge in [0.25, 0.3) is 5.91 Å². The van der Waals surface area contributed by atoms with Crippen LogP contribution in [0, 0.1) is 13.8 Å². The Morgan fingerprint density at radius 1 is 1.17 bits per heavy atom. The highest BCUT2D eigenvalue weighted by Gasteiger charge is 2.15. The summed E-state index contributed by atoms with van der Waals surface area (Å²) < 4.78 is 10.7. The molecule has 0 aliphatic carbocycles. The van der Waals surface area contributed by atoms with E-state index >= 15 is 0 Å². The van der Waals surface area contributed by atoms with E-state index in [2.05, 4.69) is 21.2 Å². The fourth-order valence-electron chi connectivity index (χ4n) is 2.07. The molecule has 0 aliphatic heterocycles. The van der Waals surface area contributed by atoms with E-state index in [1.54, 1.807) is 24.3 Å². The van der Waals surface area contributed by atoms with Gasteiger partial charge in [-0.3, -0.25) is 4.79 Å². The molecule has 0 heterocycles. The highest BCUT2D eigenvalue weighted by atomic mass is 79.9. The molecule has 2 rings (SSSR count). The summed E-state index contributed by atoms with van der Waals surface area (Å²) in [6.45, 7) is 3.52. The normalized spacial score (nSPS) is 10.2. The monoisotopic (exact) mass is 391 g/mol. The van der Waals surface area contributed by atoms with Crippen LogP contribution in [0.4, 0.5) is 5.69 Å². The van der Waals surface area contributed by atoms with Gasteiger partial charge in [-0.2, -0.15) is 0 Å². The Balaban J connectivity index is 1.99. The van der Waals surface area contributed by atoms with Crippen molar-refractivity contribution >= 4 is 33.5 Å². The van der Waals surface area contributed by atoms with Crippen LogP contribution in [0.1, 0.15) is 21.5 Å². The van der Waals surface area contributed by atoms with Crippen LogP contribution in [-0.4, -0.2) is 25.6 Å². The van der Waals surface area contributed by atoms with Gasteiger partial charge in [-0.15, -0.1) is 0 Å². The lowest BCUT2D eigenvalue weighted by atomic mass is 10.1.